The van der Waals surface area contributed by atoms with Gasteiger partial charge in [-0.05, 0) is 42.8 Å². The van der Waals surface area contributed by atoms with E-state index < -0.39 is 0 Å². The van der Waals surface area contributed by atoms with Crippen molar-refractivity contribution in [2.24, 2.45) is 0 Å². The van der Waals surface area contributed by atoms with Gasteiger partial charge in [0.05, 0.1) is 5.69 Å². The third kappa shape index (κ3) is 4.31. The van der Waals surface area contributed by atoms with Crippen molar-refractivity contribution < 1.29 is 18.8 Å². The molecule has 0 bridgehead atoms. The van der Waals surface area contributed by atoms with E-state index in [-0.39, 0.29) is 24.3 Å². The van der Waals surface area contributed by atoms with Gasteiger partial charge >= 0.3 is 11.8 Å². The van der Waals surface area contributed by atoms with Crippen LogP contribution in [0.2, 0.25) is 5.02 Å². The summed E-state index contributed by atoms with van der Waals surface area (Å²) in [6.07, 6.45) is 0.844. The molecule has 3 aromatic rings. The van der Waals surface area contributed by atoms with Crippen LogP contribution in [0.15, 0.2) is 47.0 Å². The minimum atomic E-state index is -0.293. The molecule has 1 fully saturated rings. The summed E-state index contributed by atoms with van der Waals surface area (Å²) >= 11 is 6.10. The van der Waals surface area contributed by atoms with Crippen LogP contribution in [0.5, 0.6) is 5.75 Å². The Hall–Kier alpha value is -3.59. The maximum absolute atomic E-state index is 12.9. The minimum absolute atomic E-state index is 0.00635. The fraction of sp³-hybridized carbons (Fsp3) is 0.333. The standard InChI is InChI=1S/C24H24ClN5O4/c1-2-8-30-19-7-6-16(13-20(19)33-15-21(30)31)22-26-23(34-27-22)24(32)29-11-9-28(10-12-29)18-5-3-4-17(25)14-18/h3-7,13-14H,2,8-12,15H2,1H3. The van der Waals surface area contributed by atoms with Crippen molar-refractivity contribution in [2.45, 2.75) is 13.3 Å². The molecule has 0 N–H and O–H groups in total. The largest absolute Gasteiger partial charge is 0.482 e. The van der Waals surface area contributed by atoms with E-state index in [1.807, 2.05) is 37.3 Å². The summed E-state index contributed by atoms with van der Waals surface area (Å²) in [4.78, 5) is 35.0. The summed E-state index contributed by atoms with van der Waals surface area (Å²) in [6, 6.07) is 13.1. The number of carbonyl (C=O) groups is 2. The highest BCUT2D eigenvalue weighted by Gasteiger charge is 2.28. The van der Waals surface area contributed by atoms with Gasteiger partial charge in [0.2, 0.25) is 5.82 Å². The van der Waals surface area contributed by atoms with E-state index in [1.165, 1.54) is 0 Å². The first-order valence-electron chi connectivity index (χ1n) is 11.2. The predicted molar refractivity (Wildman–Crippen MR) is 127 cm³/mol. The number of hydrogen-bond donors (Lipinski definition) is 0. The number of halogens is 1. The number of carbonyl (C=O) groups excluding carboxylic acids is 2. The second-order valence-electron chi connectivity index (χ2n) is 8.20. The monoisotopic (exact) mass is 481 g/mol. The predicted octanol–water partition coefficient (Wildman–Crippen LogP) is 3.49. The van der Waals surface area contributed by atoms with Gasteiger partial charge in [0, 0.05) is 49.0 Å². The number of ether oxygens (including phenoxy) is 1. The highest BCUT2D eigenvalue weighted by atomic mass is 35.5. The molecule has 0 unspecified atom stereocenters. The van der Waals surface area contributed by atoms with Crippen LogP contribution < -0.4 is 14.5 Å². The van der Waals surface area contributed by atoms with Gasteiger partial charge in [0.25, 0.3) is 5.91 Å². The van der Waals surface area contributed by atoms with Crippen molar-refractivity contribution in [3.8, 4) is 17.1 Å². The van der Waals surface area contributed by atoms with Crippen LogP contribution in [0, 0.1) is 0 Å². The molecule has 0 aliphatic carbocycles. The summed E-state index contributed by atoms with van der Waals surface area (Å²) in [5, 5.41) is 4.69. The zero-order valence-electron chi connectivity index (χ0n) is 18.7. The van der Waals surface area contributed by atoms with E-state index >= 15 is 0 Å². The first-order chi connectivity index (χ1) is 16.5. The van der Waals surface area contributed by atoms with Crippen LogP contribution in [0.25, 0.3) is 11.4 Å². The normalized spacial score (nSPS) is 15.8. The molecule has 1 aromatic heterocycles. The van der Waals surface area contributed by atoms with Crippen LogP contribution in [-0.4, -0.2) is 66.2 Å². The molecule has 2 aromatic carbocycles. The van der Waals surface area contributed by atoms with Crippen molar-refractivity contribution >= 4 is 34.8 Å². The van der Waals surface area contributed by atoms with Crippen LogP contribution in [0.3, 0.4) is 0 Å². The van der Waals surface area contributed by atoms with Crippen LogP contribution in [0.4, 0.5) is 11.4 Å². The van der Waals surface area contributed by atoms with E-state index in [0.717, 1.165) is 17.8 Å². The van der Waals surface area contributed by atoms with Crippen molar-refractivity contribution in [2.75, 3.05) is 49.1 Å². The first-order valence-corrected chi connectivity index (χ1v) is 11.6. The molecule has 0 radical (unpaired) electrons. The maximum atomic E-state index is 12.9. The van der Waals surface area contributed by atoms with E-state index in [9.17, 15) is 9.59 Å². The Morgan fingerprint density at radius 1 is 1.12 bits per heavy atom. The van der Waals surface area contributed by atoms with E-state index in [4.69, 9.17) is 20.9 Å². The van der Waals surface area contributed by atoms with Gasteiger partial charge in [-0.15, -0.1) is 0 Å². The zero-order chi connectivity index (χ0) is 23.7. The molecule has 10 heteroatoms. The molecule has 2 aliphatic heterocycles. The third-order valence-corrected chi connectivity index (χ3v) is 6.19. The van der Waals surface area contributed by atoms with Gasteiger partial charge in [0.15, 0.2) is 6.61 Å². The van der Waals surface area contributed by atoms with E-state index in [2.05, 4.69) is 15.0 Å². The highest BCUT2D eigenvalue weighted by Crippen LogP contribution is 2.35. The molecule has 1 saturated heterocycles. The molecule has 0 saturated carbocycles. The summed E-state index contributed by atoms with van der Waals surface area (Å²) in [6.45, 7) is 5.08. The molecule has 0 spiro atoms. The Morgan fingerprint density at radius 2 is 1.94 bits per heavy atom. The summed E-state index contributed by atoms with van der Waals surface area (Å²) in [5.74, 6) is 0.475. The molecular formula is C24H24ClN5O4. The van der Waals surface area contributed by atoms with Crippen LogP contribution >= 0.6 is 11.6 Å². The van der Waals surface area contributed by atoms with Crippen molar-refractivity contribution in [1.29, 1.82) is 0 Å². The van der Waals surface area contributed by atoms with Crippen molar-refractivity contribution in [3.63, 3.8) is 0 Å². The highest BCUT2D eigenvalue weighted by molar-refractivity contribution is 6.30. The summed E-state index contributed by atoms with van der Waals surface area (Å²) in [7, 11) is 0. The van der Waals surface area contributed by atoms with Gasteiger partial charge < -0.3 is 24.0 Å². The minimum Gasteiger partial charge on any atom is -0.482 e. The lowest BCUT2D eigenvalue weighted by Gasteiger charge is -2.35. The molecular weight excluding hydrogens is 458 g/mol. The number of nitrogens with zero attached hydrogens (tertiary/aromatic N) is 5. The Bertz CT molecular complexity index is 1220. The summed E-state index contributed by atoms with van der Waals surface area (Å²) < 4.78 is 10.9. The van der Waals surface area contributed by atoms with Gasteiger partial charge in [-0.25, -0.2) is 0 Å². The Labute approximate surface area is 201 Å². The average Bonchev–Trinajstić information content (AvgIpc) is 3.36. The Balaban J connectivity index is 1.27. The SMILES string of the molecule is CCCN1C(=O)COc2cc(-c3noc(C(=O)N4CCN(c5cccc(Cl)c5)CC4)n3)ccc21. The zero-order valence-corrected chi connectivity index (χ0v) is 19.5. The van der Waals surface area contributed by atoms with Gasteiger partial charge in [-0.3, -0.25) is 9.59 Å². The van der Waals surface area contributed by atoms with Crippen molar-refractivity contribution in [3.05, 3.63) is 53.4 Å². The second-order valence-corrected chi connectivity index (χ2v) is 8.64. The van der Waals surface area contributed by atoms with Crippen molar-refractivity contribution in [1.82, 2.24) is 15.0 Å². The number of hydrogen-bond acceptors (Lipinski definition) is 7. The third-order valence-electron chi connectivity index (χ3n) is 5.96. The van der Waals surface area contributed by atoms with Gasteiger partial charge in [-0.2, -0.15) is 4.98 Å². The molecule has 34 heavy (non-hydrogen) atoms. The number of benzene rings is 2. The van der Waals surface area contributed by atoms with Crippen LogP contribution in [-0.2, 0) is 4.79 Å². The fourth-order valence-electron chi connectivity index (χ4n) is 4.22. The molecule has 2 aliphatic rings. The summed E-state index contributed by atoms with van der Waals surface area (Å²) in [5.41, 5.74) is 2.41. The number of anilines is 2. The average molecular weight is 482 g/mol. The lowest BCUT2D eigenvalue weighted by atomic mass is 10.1. The Morgan fingerprint density at radius 3 is 2.71 bits per heavy atom. The van der Waals surface area contributed by atoms with Gasteiger partial charge in [0.1, 0.15) is 5.75 Å². The lowest BCUT2D eigenvalue weighted by molar-refractivity contribution is -0.121. The topological polar surface area (TPSA) is 92.0 Å². The number of rotatable bonds is 5. The smallest absolute Gasteiger partial charge is 0.316 e. The lowest BCUT2D eigenvalue weighted by Crippen LogP contribution is -2.48. The number of piperazine rings is 1. The number of amides is 2. The maximum Gasteiger partial charge on any atom is 0.316 e. The van der Waals surface area contributed by atoms with Crippen LogP contribution in [0.1, 0.15) is 24.0 Å². The quantitative estimate of drug-likeness (QED) is 0.550. The molecule has 2 amide bonds. The van der Waals surface area contributed by atoms with E-state index in [1.54, 1.807) is 21.9 Å². The second kappa shape index (κ2) is 9.34. The van der Waals surface area contributed by atoms with Gasteiger partial charge in [-0.1, -0.05) is 29.7 Å². The molecule has 5 rings (SSSR count). The molecule has 9 nitrogen and oxygen atoms in total. The Kier molecular flexibility index (Phi) is 6.10. The fourth-order valence-corrected chi connectivity index (χ4v) is 4.40. The molecule has 176 valence electrons. The molecule has 0 atom stereocenters. The first kappa shape index (κ1) is 22.2. The van der Waals surface area contributed by atoms with E-state index in [0.29, 0.717) is 54.9 Å². The number of aromatic nitrogens is 2. The molecule has 3 heterocycles. The number of fused-ring (bicyclic) bond motifs is 1.